The monoisotopic (exact) mass is 483 g/mol. The van der Waals surface area contributed by atoms with Gasteiger partial charge in [0, 0.05) is 11.5 Å². The fourth-order valence-corrected chi connectivity index (χ4v) is 4.99. The third-order valence-corrected chi connectivity index (χ3v) is 6.84. The predicted octanol–water partition coefficient (Wildman–Crippen LogP) is 3.98. The van der Waals surface area contributed by atoms with Gasteiger partial charge in [-0.3, -0.25) is 14.4 Å². The molecule has 182 valence electrons. The number of aromatic nitrogens is 3. The van der Waals surface area contributed by atoms with Crippen LogP contribution < -0.4 is 10.3 Å². The van der Waals surface area contributed by atoms with E-state index in [-0.39, 0.29) is 17.9 Å². The van der Waals surface area contributed by atoms with Gasteiger partial charge in [0.1, 0.15) is 17.9 Å². The molecule has 4 aromatic rings. The zero-order chi connectivity index (χ0) is 25.1. The Morgan fingerprint density at radius 1 is 0.944 bits per heavy atom. The lowest BCUT2D eigenvalue weighted by molar-refractivity contribution is -0.144. The Morgan fingerprint density at radius 2 is 1.67 bits per heavy atom. The lowest BCUT2D eigenvalue weighted by Gasteiger charge is -2.20. The molecule has 8 heteroatoms. The van der Waals surface area contributed by atoms with Crippen molar-refractivity contribution in [2.75, 3.05) is 0 Å². The minimum atomic E-state index is -1.04. The average molecular weight is 484 g/mol. The summed E-state index contributed by atoms with van der Waals surface area (Å²) in [6, 6.07) is 23.5. The van der Waals surface area contributed by atoms with Crippen molar-refractivity contribution < 1.29 is 19.4 Å². The summed E-state index contributed by atoms with van der Waals surface area (Å²) in [5.41, 5.74) is 1.66. The van der Waals surface area contributed by atoms with Crippen molar-refractivity contribution in [3.8, 4) is 5.75 Å². The quantitative estimate of drug-likeness (QED) is 0.377. The van der Waals surface area contributed by atoms with Crippen molar-refractivity contribution in [1.29, 1.82) is 0 Å². The van der Waals surface area contributed by atoms with E-state index >= 15 is 0 Å². The van der Waals surface area contributed by atoms with Gasteiger partial charge in [0.2, 0.25) is 0 Å². The highest BCUT2D eigenvalue weighted by molar-refractivity contribution is 6.00. The first kappa shape index (κ1) is 23.4. The van der Waals surface area contributed by atoms with Gasteiger partial charge >= 0.3 is 5.97 Å². The number of ether oxygens (including phenoxy) is 1. The number of fused-ring (bicyclic) bond motifs is 1. The highest BCUT2D eigenvalue weighted by Gasteiger charge is 2.45. The summed E-state index contributed by atoms with van der Waals surface area (Å²) in [5, 5.41) is 18.5. The van der Waals surface area contributed by atoms with Crippen LogP contribution in [0.15, 0.2) is 83.7 Å². The number of carbonyl (C=O) groups excluding carboxylic acids is 1. The molecule has 1 heterocycles. The number of Topliss-reactive ketones (excluding diaryl/α,β-unsaturated/α-hetero) is 1. The molecule has 1 saturated carbocycles. The van der Waals surface area contributed by atoms with Crippen molar-refractivity contribution in [1.82, 2.24) is 15.0 Å². The van der Waals surface area contributed by atoms with Crippen molar-refractivity contribution >= 4 is 22.7 Å². The van der Waals surface area contributed by atoms with Crippen molar-refractivity contribution in [2.45, 2.75) is 26.0 Å². The topological polar surface area (TPSA) is 111 Å². The van der Waals surface area contributed by atoms with Gasteiger partial charge in [0.25, 0.3) is 5.56 Å². The molecule has 0 spiro atoms. The molecule has 36 heavy (non-hydrogen) atoms. The van der Waals surface area contributed by atoms with E-state index in [1.165, 1.54) is 4.68 Å². The Balaban J connectivity index is 1.29. The van der Waals surface area contributed by atoms with E-state index in [0.717, 1.165) is 5.56 Å². The molecule has 0 bridgehead atoms. The molecule has 1 N–H and O–H groups in total. The standard InChI is InChI=1S/C28H25N3O5/c32-26(19-10-13-21(14-11-19)36-17-18-6-2-1-3-7-18)23-15-12-20(25(23)28(34)35)16-31-27(33)22-8-4-5-9-24(22)29-30-31/h1-11,13-14,20,23,25H,12,15-17H2,(H,34,35). The fraction of sp³-hybridized carbons (Fsp3) is 0.250. The summed E-state index contributed by atoms with van der Waals surface area (Å²) in [6.45, 7) is 0.514. The number of hydrogen-bond donors (Lipinski definition) is 1. The average Bonchev–Trinajstić information content (AvgIpc) is 3.33. The number of rotatable bonds is 8. The van der Waals surface area contributed by atoms with Crippen LogP contribution in [-0.2, 0) is 17.9 Å². The highest BCUT2D eigenvalue weighted by atomic mass is 16.5. The second-order valence-corrected chi connectivity index (χ2v) is 9.06. The van der Waals surface area contributed by atoms with E-state index in [9.17, 15) is 19.5 Å². The van der Waals surface area contributed by atoms with Gasteiger partial charge in [-0.25, -0.2) is 4.68 Å². The summed E-state index contributed by atoms with van der Waals surface area (Å²) in [4.78, 5) is 38.4. The van der Waals surface area contributed by atoms with Gasteiger partial charge in [-0.1, -0.05) is 47.7 Å². The Kier molecular flexibility index (Phi) is 6.58. The highest BCUT2D eigenvalue weighted by Crippen LogP contribution is 2.40. The summed E-state index contributed by atoms with van der Waals surface area (Å²) in [5.74, 6) is -2.61. The van der Waals surface area contributed by atoms with Crippen LogP contribution in [0.1, 0.15) is 28.8 Å². The van der Waals surface area contributed by atoms with E-state index in [1.807, 2.05) is 30.3 Å². The van der Waals surface area contributed by atoms with Gasteiger partial charge in [-0.15, -0.1) is 5.10 Å². The minimum Gasteiger partial charge on any atom is -0.489 e. The Labute approximate surface area is 207 Å². The van der Waals surface area contributed by atoms with Crippen LogP contribution in [0.25, 0.3) is 10.9 Å². The molecule has 1 aliphatic carbocycles. The van der Waals surface area contributed by atoms with Crippen LogP contribution in [0.5, 0.6) is 5.75 Å². The molecule has 3 atom stereocenters. The van der Waals surface area contributed by atoms with Crippen LogP contribution in [0.4, 0.5) is 0 Å². The summed E-state index contributed by atoms with van der Waals surface area (Å²) in [6.07, 6.45) is 0.940. The van der Waals surface area contributed by atoms with Crippen molar-refractivity contribution in [3.63, 3.8) is 0 Å². The van der Waals surface area contributed by atoms with E-state index in [0.29, 0.717) is 41.7 Å². The maximum absolute atomic E-state index is 13.3. The van der Waals surface area contributed by atoms with E-state index in [2.05, 4.69) is 10.3 Å². The first-order valence-corrected chi connectivity index (χ1v) is 11.9. The Hall–Kier alpha value is -4.33. The molecule has 1 aromatic heterocycles. The molecule has 1 aliphatic rings. The van der Waals surface area contributed by atoms with E-state index < -0.39 is 23.7 Å². The SMILES string of the molecule is O=C(c1ccc(OCc2ccccc2)cc1)C1CCC(Cn2nnc3ccccc3c2=O)C1C(=O)O. The molecule has 5 rings (SSSR count). The number of ketones is 1. The number of aliphatic carboxylic acids is 1. The number of nitrogens with zero attached hydrogens (tertiary/aromatic N) is 3. The predicted molar refractivity (Wildman–Crippen MR) is 133 cm³/mol. The number of benzene rings is 3. The van der Waals surface area contributed by atoms with Gasteiger partial charge in [0.15, 0.2) is 5.78 Å². The van der Waals surface area contributed by atoms with E-state index in [1.54, 1.807) is 48.5 Å². The zero-order valence-electron chi connectivity index (χ0n) is 19.5. The smallest absolute Gasteiger partial charge is 0.307 e. The summed E-state index contributed by atoms with van der Waals surface area (Å²) < 4.78 is 7.00. The summed E-state index contributed by atoms with van der Waals surface area (Å²) in [7, 11) is 0. The number of hydrogen-bond acceptors (Lipinski definition) is 6. The normalized spacial score (nSPS) is 19.3. The largest absolute Gasteiger partial charge is 0.489 e. The molecule has 0 aliphatic heterocycles. The Morgan fingerprint density at radius 3 is 2.42 bits per heavy atom. The molecular weight excluding hydrogens is 458 g/mol. The molecule has 8 nitrogen and oxygen atoms in total. The molecular formula is C28H25N3O5. The second-order valence-electron chi connectivity index (χ2n) is 9.06. The van der Waals surface area contributed by atoms with Gasteiger partial charge in [0.05, 0.1) is 17.8 Å². The maximum Gasteiger partial charge on any atom is 0.307 e. The number of carboxylic acids is 1. The van der Waals surface area contributed by atoms with Gasteiger partial charge < -0.3 is 9.84 Å². The van der Waals surface area contributed by atoms with Crippen molar-refractivity contribution in [2.24, 2.45) is 17.8 Å². The van der Waals surface area contributed by atoms with Crippen LogP contribution in [-0.4, -0.2) is 31.9 Å². The molecule has 0 saturated heterocycles. The zero-order valence-corrected chi connectivity index (χ0v) is 19.5. The van der Waals surface area contributed by atoms with Crippen LogP contribution in [0, 0.1) is 17.8 Å². The molecule has 3 aromatic carbocycles. The van der Waals surface area contributed by atoms with Crippen LogP contribution in [0.2, 0.25) is 0 Å². The lowest BCUT2D eigenvalue weighted by atomic mass is 9.84. The molecule has 0 amide bonds. The van der Waals surface area contributed by atoms with Crippen LogP contribution >= 0.6 is 0 Å². The van der Waals surface area contributed by atoms with E-state index in [4.69, 9.17) is 4.74 Å². The second kappa shape index (κ2) is 10.1. The van der Waals surface area contributed by atoms with Crippen LogP contribution in [0.3, 0.4) is 0 Å². The number of carbonyl (C=O) groups is 2. The number of carboxylic acid groups (broad SMARTS) is 1. The van der Waals surface area contributed by atoms with Crippen molar-refractivity contribution in [3.05, 3.63) is 100 Å². The molecule has 1 fully saturated rings. The first-order valence-electron chi connectivity index (χ1n) is 11.9. The molecule has 0 radical (unpaired) electrons. The lowest BCUT2D eigenvalue weighted by Crippen LogP contribution is -2.34. The molecule has 3 unspecified atom stereocenters. The maximum atomic E-state index is 13.3. The third kappa shape index (κ3) is 4.75. The Bertz CT molecular complexity index is 1450. The first-order chi connectivity index (χ1) is 17.5. The minimum absolute atomic E-state index is 0.101. The van der Waals surface area contributed by atoms with Gasteiger partial charge in [-0.2, -0.15) is 0 Å². The fourth-order valence-electron chi connectivity index (χ4n) is 4.99. The third-order valence-electron chi connectivity index (χ3n) is 6.84. The summed E-state index contributed by atoms with van der Waals surface area (Å²) >= 11 is 0. The van der Waals surface area contributed by atoms with Gasteiger partial charge in [-0.05, 0) is 60.7 Å².